The first-order chi connectivity index (χ1) is 19.2. The standard InChI is InChI=1S/C31H43N5O5/c1-8-23-19(4)16-22-12-11-21(17-25(22)33-23)13-14-31(6,7)30(41)34-26(18(2)3)27(37)32-20(5)28(38)36-15-9-10-24(35-36)29(39)40/h11-14,16-18,20,24,26,35H,8-10,15H2,1-7H3,(H,32,37)(H,34,41)(H,39,40)/b14-13+/t20-,24-,26-/m0/s1. The zero-order valence-corrected chi connectivity index (χ0v) is 25.1. The number of nitrogens with one attached hydrogen (secondary N) is 3. The molecule has 0 radical (unpaired) electrons. The van der Waals surface area contributed by atoms with Gasteiger partial charge in [-0.3, -0.25) is 29.2 Å². The lowest BCUT2D eigenvalue weighted by atomic mass is 9.89. The molecule has 41 heavy (non-hydrogen) atoms. The molecule has 1 aromatic carbocycles. The number of aryl methyl sites for hydroxylation is 2. The van der Waals surface area contributed by atoms with Crippen LogP contribution in [0, 0.1) is 18.3 Å². The monoisotopic (exact) mass is 565 g/mol. The van der Waals surface area contributed by atoms with Gasteiger partial charge in [0.1, 0.15) is 18.1 Å². The van der Waals surface area contributed by atoms with E-state index >= 15 is 0 Å². The Bertz CT molecular complexity index is 1340. The van der Waals surface area contributed by atoms with Gasteiger partial charge in [-0.25, -0.2) is 5.43 Å². The number of carboxylic acids is 1. The highest BCUT2D eigenvalue weighted by molar-refractivity contribution is 5.94. The summed E-state index contributed by atoms with van der Waals surface area (Å²) in [5.41, 5.74) is 5.82. The molecule has 1 aromatic heterocycles. The van der Waals surface area contributed by atoms with Crippen LogP contribution in [0.5, 0.6) is 0 Å². The van der Waals surface area contributed by atoms with Crippen LogP contribution < -0.4 is 16.1 Å². The first kappa shape index (κ1) is 31.7. The van der Waals surface area contributed by atoms with Gasteiger partial charge in [-0.15, -0.1) is 0 Å². The minimum Gasteiger partial charge on any atom is -0.480 e. The van der Waals surface area contributed by atoms with Crippen LogP contribution in [0.25, 0.3) is 17.0 Å². The summed E-state index contributed by atoms with van der Waals surface area (Å²) < 4.78 is 0. The highest BCUT2D eigenvalue weighted by Gasteiger charge is 2.34. The van der Waals surface area contributed by atoms with Crippen molar-refractivity contribution >= 4 is 40.7 Å². The molecular weight excluding hydrogens is 522 g/mol. The molecule has 0 spiro atoms. The predicted octanol–water partition coefficient (Wildman–Crippen LogP) is 3.37. The molecular formula is C31H43N5O5. The first-order valence-corrected chi connectivity index (χ1v) is 14.2. The number of rotatable bonds is 10. The molecule has 0 saturated carbocycles. The minimum atomic E-state index is -1.03. The highest BCUT2D eigenvalue weighted by Crippen LogP contribution is 2.23. The maximum atomic E-state index is 13.3. The van der Waals surface area contributed by atoms with E-state index < -0.39 is 41.3 Å². The van der Waals surface area contributed by atoms with Gasteiger partial charge < -0.3 is 15.7 Å². The Morgan fingerprint density at radius 2 is 1.88 bits per heavy atom. The molecule has 10 nitrogen and oxygen atoms in total. The quantitative estimate of drug-likeness (QED) is 0.346. The number of pyridine rings is 1. The lowest BCUT2D eigenvalue weighted by Gasteiger charge is -2.34. The number of hydrazine groups is 1. The van der Waals surface area contributed by atoms with Gasteiger partial charge in [0.2, 0.25) is 11.8 Å². The molecule has 0 unspecified atom stereocenters. The van der Waals surface area contributed by atoms with Gasteiger partial charge in [0.25, 0.3) is 5.91 Å². The average molecular weight is 566 g/mol. The third-order valence-corrected chi connectivity index (χ3v) is 7.46. The number of benzene rings is 1. The Kier molecular flexibility index (Phi) is 10.3. The lowest BCUT2D eigenvalue weighted by molar-refractivity contribution is -0.148. The van der Waals surface area contributed by atoms with Gasteiger partial charge in [0.05, 0.1) is 10.9 Å². The highest BCUT2D eigenvalue weighted by atomic mass is 16.4. The van der Waals surface area contributed by atoms with Gasteiger partial charge in [0.15, 0.2) is 0 Å². The molecule has 2 aromatic rings. The van der Waals surface area contributed by atoms with Crippen molar-refractivity contribution in [3.8, 4) is 0 Å². The van der Waals surface area contributed by atoms with Crippen molar-refractivity contribution in [1.82, 2.24) is 26.1 Å². The van der Waals surface area contributed by atoms with Gasteiger partial charge in [-0.2, -0.15) is 0 Å². The molecule has 10 heteroatoms. The number of carbonyl (C=O) groups is 4. The molecule has 0 bridgehead atoms. The minimum absolute atomic E-state index is 0.242. The summed E-state index contributed by atoms with van der Waals surface area (Å²) in [6.07, 6.45) is 5.50. The van der Waals surface area contributed by atoms with Gasteiger partial charge >= 0.3 is 5.97 Å². The normalized spacial score (nSPS) is 17.5. The molecule has 1 fully saturated rings. The summed E-state index contributed by atoms with van der Waals surface area (Å²) in [7, 11) is 0. The fourth-order valence-electron chi connectivity index (χ4n) is 4.76. The zero-order chi connectivity index (χ0) is 30.5. The Balaban J connectivity index is 1.66. The molecule has 3 rings (SSSR count). The van der Waals surface area contributed by atoms with Crippen molar-refractivity contribution in [2.75, 3.05) is 6.54 Å². The van der Waals surface area contributed by atoms with Gasteiger partial charge in [0, 0.05) is 17.6 Å². The van der Waals surface area contributed by atoms with Crippen molar-refractivity contribution in [3.05, 3.63) is 47.2 Å². The van der Waals surface area contributed by atoms with Crippen molar-refractivity contribution in [3.63, 3.8) is 0 Å². The van der Waals surface area contributed by atoms with Crippen LogP contribution in [0.4, 0.5) is 0 Å². The van der Waals surface area contributed by atoms with Crippen molar-refractivity contribution in [2.45, 2.75) is 85.9 Å². The number of carboxylic acid groups (broad SMARTS) is 1. The number of hydrogen-bond donors (Lipinski definition) is 4. The molecule has 222 valence electrons. The van der Waals surface area contributed by atoms with Crippen LogP contribution in [0.2, 0.25) is 0 Å². The smallest absolute Gasteiger partial charge is 0.322 e. The fraction of sp³-hybridized carbons (Fsp3) is 0.516. The van der Waals surface area contributed by atoms with Crippen LogP contribution >= 0.6 is 0 Å². The van der Waals surface area contributed by atoms with E-state index in [1.54, 1.807) is 26.8 Å². The second-order valence-electron chi connectivity index (χ2n) is 11.7. The molecule has 1 saturated heterocycles. The molecule has 1 aliphatic heterocycles. The third kappa shape index (κ3) is 7.91. The number of carbonyl (C=O) groups excluding carboxylic acids is 3. The number of hydrogen-bond acceptors (Lipinski definition) is 6. The second kappa shape index (κ2) is 13.2. The molecule has 0 aliphatic carbocycles. The van der Waals surface area contributed by atoms with Crippen LogP contribution in [0.15, 0.2) is 30.3 Å². The van der Waals surface area contributed by atoms with Crippen LogP contribution in [-0.4, -0.2) is 63.5 Å². The van der Waals surface area contributed by atoms with Gasteiger partial charge in [-0.1, -0.05) is 45.1 Å². The molecule has 2 heterocycles. The number of nitrogens with zero attached hydrogens (tertiary/aromatic N) is 2. The maximum absolute atomic E-state index is 13.3. The van der Waals surface area contributed by atoms with E-state index in [0.29, 0.717) is 19.4 Å². The summed E-state index contributed by atoms with van der Waals surface area (Å²) in [5, 5.41) is 17.1. The SMILES string of the molecule is CCc1nc2cc(/C=C/C(C)(C)C(=O)N[C@H](C(=O)N[C@@H](C)C(=O)N3CCC[C@@H](C(=O)O)N3)C(C)C)ccc2cc1C. The number of amides is 3. The largest absolute Gasteiger partial charge is 0.480 e. The Hall–Kier alpha value is -3.79. The second-order valence-corrected chi connectivity index (χ2v) is 11.7. The maximum Gasteiger partial charge on any atom is 0.322 e. The summed E-state index contributed by atoms with van der Waals surface area (Å²) in [6.45, 7) is 13.2. The predicted molar refractivity (Wildman–Crippen MR) is 159 cm³/mol. The molecule has 3 atom stereocenters. The Morgan fingerprint density at radius 1 is 1.17 bits per heavy atom. The van der Waals surface area contributed by atoms with E-state index in [4.69, 9.17) is 4.98 Å². The average Bonchev–Trinajstić information content (AvgIpc) is 2.93. The Morgan fingerprint density at radius 3 is 2.51 bits per heavy atom. The Labute approximate surface area is 241 Å². The zero-order valence-electron chi connectivity index (χ0n) is 25.1. The number of aromatic nitrogens is 1. The van der Waals surface area contributed by atoms with Crippen LogP contribution in [0.1, 0.15) is 71.2 Å². The van der Waals surface area contributed by atoms with E-state index in [-0.39, 0.29) is 11.8 Å². The molecule has 3 amide bonds. The number of aliphatic carboxylic acids is 1. The lowest BCUT2D eigenvalue weighted by Crippen LogP contribution is -2.61. The summed E-state index contributed by atoms with van der Waals surface area (Å²) in [6, 6.07) is 5.50. The topological polar surface area (TPSA) is 141 Å². The van der Waals surface area contributed by atoms with E-state index in [2.05, 4.69) is 36.0 Å². The summed E-state index contributed by atoms with van der Waals surface area (Å²) in [4.78, 5) is 55.4. The summed E-state index contributed by atoms with van der Waals surface area (Å²) >= 11 is 0. The van der Waals surface area contributed by atoms with E-state index in [0.717, 1.165) is 28.6 Å². The molecule has 4 N–H and O–H groups in total. The fourth-order valence-corrected chi connectivity index (χ4v) is 4.76. The first-order valence-electron chi connectivity index (χ1n) is 14.2. The van der Waals surface area contributed by atoms with E-state index in [1.807, 2.05) is 38.1 Å². The van der Waals surface area contributed by atoms with Crippen LogP contribution in [-0.2, 0) is 25.6 Å². The molecule has 1 aliphatic rings. The van der Waals surface area contributed by atoms with E-state index in [1.165, 1.54) is 10.6 Å². The third-order valence-electron chi connectivity index (χ3n) is 7.46. The van der Waals surface area contributed by atoms with Crippen molar-refractivity contribution in [2.24, 2.45) is 11.3 Å². The summed E-state index contributed by atoms with van der Waals surface area (Å²) in [5.74, 6) is -2.52. The van der Waals surface area contributed by atoms with E-state index in [9.17, 15) is 24.3 Å². The van der Waals surface area contributed by atoms with Gasteiger partial charge in [-0.05, 0) is 76.1 Å². The van der Waals surface area contributed by atoms with Crippen molar-refractivity contribution < 1.29 is 24.3 Å². The number of fused-ring (bicyclic) bond motifs is 1. The van der Waals surface area contributed by atoms with Crippen LogP contribution in [0.3, 0.4) is 0 Å². The van der Waals surface area contributed by atoms with Crippen molar-refractivity contribution in [1.29, 1.82) is 0 Å².